The van der Waals surface area contributed by atoms with Crippen LogP contribution in [-0.2, 0) is 9.63 Å². The van der Waals surface area contributed by atoms with Crippen molar-refractivity contribution in [1.29, 1.82) is 0 Å². The first-order chi connectivity index (χ1) is 6.71. The summed E-state index contributed by atoms with van der Waals surface area (Å²) in [5.74, 6) is -0.653. The Labute approximate surface area is 90.3 Å². The van der Waals surface area contributed by atoms with E-state index >= 15 is 0 Å². The molecule has 15 heavy (non-hydrogen) atoms. The molecule has 0 radical (unpaired) electrons. The topological polar surface area (TPSA) is 58.6 Å². The van der Waals surface area contributed by atoms with Gasteiger partial charge < -0.3 is 9.94 Å². The normalized spacial score (nSPS) is 28.2. The number of aliphatic carboxylic acids is 1. The van der Waals surface area contributed by atoms with Gasteiger partial charge in [-0.2, -0.15) is 0 Å². The van der Waals surface area contributed by atoms with E-state index in [1.165, 1.54) is 0 Å². The highest BCUT2D eigenvalue weighted by Gasteiger charge is 2.51. The fourth-order valence-corrected chi connectivity index (χ4v) is 1.97. The molecule has 0 saturated carbocycles. The molecule has 86 valence electrons. The minimum Gasteiger partial charge on any atom is -0.481 e. The summed E-state index contributed by atoms with van der Waals surface area (Å²) in [6.07, 6.45) is 1.87. The summed E-state index contributed by atoms with van der Waals surface area (Å²) in [7, 11) is 0. The van der Waals surface area contributed by atoms with E-state index in [9.17, 15) is 4.79 Å². The quantitative estimate of drug-likeness (QED) is 0.736. The Balaban J connectivity index is 3.15. The zero-order chi connectivity index (χ0) is 11.9. The molecule has 0 aromatic rings. The first-order valence-corrected chi connectivity index (χ1v) is 5.07. The van der Waals surface area contributed by atoms with Crippen LogP contribution in [0.1, 0.15) is 34.6 Å². The van der Waals surface area contributed by atoms with Crippen LogP contribution in [0.4, 0.5) is 0 Å². The van der Waals surface area contributed by atoms with Crippen LogP contribution >= 0.6 is 0 Å². The highest BCUT2D eigenvalue weighted by molar-refractivity contribution is 5.72. The Bertz CT molecular complexity index is 303. The Kier molecular flexibility index (Phi) is 2.83. The fourth-order valence-electron chi connectivity index (χ4n) is 1.97. The highest BCUT2D eigenvalue weighted by Crippen LogP contribution is 2.41. The average molecular weight is 213 g/mol. The number of hydroxylamine groups is 1. The van der Waals surface area contributed by atoms with E-state index < -0.39 is 17.4 Å². The Hall–Kier alpha value is -1.03. The third-order valence-corrected chi connectivity index (χ3v) is 3.11. The second-order valence-electron chi connectivity index (χ2n) is 5.14. The lowest BCUT2D eigenvalue weighted by Crippen LogP contribution is -2.57. The first-order valence-electron chi connectivity index (χ1n) is 5.07. The molecule has 4 heteroatoms. The molecule has 0 bridgehead atoms. The van der Waals surface area contributed by atoms with Crippen LogP contribution in [0.15, 0.2) is 11.8 Å². The van der Waals surface area contributed by atoms with E-state index in [0.29, 0.717) is 0 Å². The van der Waals surface area contributed by atoms with Crippen molar-refractivity contribution in [2.75, 3.05) is 0 Å². The number of rotatable bonds is 2. The summed E-state index contributed by atoms with van der Waals surface area (Å²) in [6, 6.07) is 0. The van der Waals surface area contributed by atoms with Crippen LogP contribution in [0.25, 0.3) is 0 Å². The maximum absolute atomic E-state index is 11.1. The average Bonchev–Trinajstić information content (AvgIpc) is 2.46. The lowest BCUT2D eigenvalue weighted by Gasteiger charge is -2.41. The van der Waals surface area contributed by atoms with Crippen LogP contribution in [0.2, 0.25) is 0 Å². The zero-order valence-corrected chi connectivity index (χ0v) is 9.92. The van der Waals surface area contributed by atoms with Crippen molar-refractivity contribution >= 4 is 5.97 Å². The van der Waals surface area contributed by atoms with Crippen molar-refractivity contribution in [3.05, 3.63) is 11.8 Å². The molecule has 1 aliphatic rings. The number of hydrogen-bond donors (Lipinski definition) is 2. The zero-order valence-electron chi connectivity index (χ0n) is 9.92. The molecule has 2 unspecified atom stereocenters. The molecule has 0 aliphatic carbocycles. The second kappa shape index (κ2) is 3.52. The third kappa shape index (κ3) is 1.86. The maximum Gasteiger partial charge on any atom is 0.308 e. The Morgan fingerprint density at radius 1 is 1.60 bits per heavy atom. The predicted octanol–water partition coefficient (Wildman–Crippen LogP) is 1.93. The van der Waals surface area contributed by atoms with E-state index in [-0.39, 0.29) is 5.41 Å². The molecule has 1 aliphatic heterocycles. The molecule has 0 amide bonds. The number of carboxylic acid groups (broad SMARTS) is 1. The number of carbonyl (C=O) groups is 1. The Morgan fingerprint density at radius 2 is 2.13 bits per heavy atom. The maximum atomic E-state index is 11.1. The van der Waals surface area contributed by atoms with E-state index in [1.807, 2.05) is 33.8 Å². The van der Waals surface area contributed by atoms with Gasteiger partial charge in [0.15, 0.2) is 0 Å². The van der Waals surface area contributed by atoms with Gasteiger partial charge in [-0.3, -0.25) is 4.79 Å². The van der Waals surface area contributed by atoms with Gasteiger partial charge in [0.1, 0.15) is 5.76 Å². The lowest BCUT2D eigenvalue weighted by molar-refractivity contribution is -0.147. The van der Waals surface area contributed by atoms with Crippen molar-refractivity contribution in [1.82, 2.24) is 5.48 Å². The molecule has 1 heterocycles. The molecule has 0 aromatic heterocycles. The van der Waals surface area contributed by atoms with E-state index in [2.05, 4.69) is 5.48 Å². The van der Waals surface area contributed by atoms with Crippen LogP contribution in [0, 0.1) is 11.3 Å². The first kappa shape index (κ1) is 12.0. The van der Waals surface area contributed by atoms with Crippen molar-refractivity contribution < 1.29 is 14.7 Å². The van der Waals surface area contributed by atoms with Crippen LogP contribution in [0.3, 0.4) is 0 Å². The standard InChI is InChI=1S/C11H19NO3/c1-7-6-11(12-15-7,10(3,4)5)8(2)9(13)14/h6,8,12H,1-5H3,(H,13,14). The van der Waals surface area contributed by atoms with Crippen molar-refractivity contribution in [3.8, 4) is 0 Å². The third-order valence-electron chi connectivity index (χ3n) is 3.11. The smallest absolute Gasteiger partial charge is 0.308 e. The van der Waals surface area contributed by atoms with Gasteiger partial charge in [-0.25, -0.2) is 0 Å². The minimum absolute atomic E-state index is 0.234. The van der Waals surface area contributed by atoms with Crippen molar-refractivity contribution in [2.24, 2.45) is 11.3 Å². The largest absolute Gasteiger partial charge is 0.481 e. The van der Waals surface area contributed by atoms with Crippen LogP contribution in [-0.4, -0.2) is 16.6 Å². The van der Waals surface area contributed by atoms with Gasteiger partial charge in [-0.15, -0.1) is 5.48 Å². The molecule has 4 nitrogen and oxygen atoms in total. The van der Waals surface area contributed by atoms with Gasteiger partial charge in [0.25, 0.3) is 0 Å². The van der Waals surface area contributed by atoms with E-state index in [1.54, 1.807) is 6.92 Å². The molecule has 0 saturated heterocycles. The van der Waals surface area contributed by atoms with Crippen molar-refractivity contribution in [2.45, 2.75) is 40.2 Å². The molecular formula is C11H19NO3. The number of nitrogens with one attached hydrogen (secondary N) is 1. The van der Waals surface area contributed by atoms with Crippen LogP contribution in [0.5, 0.6) is 0 Å². The fraction of sp³-hybridized carbons (Fsp3) is 0.727. The summed E-state index contributed by atoms with van der Waals surface area (Å²) >= 11 is 0. The van der Waals surface area contributed by atoms with E-state index in [4.69, 9.17) is 9.94 Å². The van der Waals surface area contributed by atoms with Gasteiger partial charge in [0, 0.05) is 0 Å². The molecule has 0 spiro atoms. The summed E-state index contributed by atoms with van der Waals surface area (Å²) in [6.45, 7) is 9.50. The van der Waals surface area contributed by atoms with Gasteiger partial charge in [0.05, 0.1) is 11.5 Å². The SMILES string of the molecule is CC1=CC(C(C)C(=O)O)(C(C)(C)C)NO1. The number of carboxylic acids is 1. The molecule has 2 N–H and O–H groups in total. The number of allylic oxidation sites excluding steroid dienone is 1. The second-order valence-corrected chi connectivity index (χ2v) is 5.14. The summed E-state index contributed by atoms with van der Waals surface area (Å²) < 4.78 is 0. The lowest BCUT2D eigenvalue weighted by atomic mass is 9.67. The Morgan fingerprint density at radius 3 is 2.40 bits per heavy atom. The number of hydrogen-bond acceptors (Lipinski definition) is 3. The van der Waals surface area contributed by atoms with Gasteiger partial charge >= 0.3 is 5.97 Å². The summed E-state index contributed by atoms with van der Waals surface area (Å²) in [5.41, 5.74) is 1.98. The van der Waals surface area contributed by atoms with Gasteiger partial charge in [-0.1, -0.05) is 20.8 Å². The van der Waals surface area contributed by atoms with Crippen LogP contribution < -0.4 is 5.48 Å². The molecule has 2 atom stereocenters. The monoisotopic (exact) mass is 213 g/mol. The van der Waals surface area contributed by atoms with Crippen molar-refractivity contribution in [3.63, 3.8) is 0 Å². The summed E-state index contributed by atoms with van der Waals surface area (Å²) in [4.78, 5) is 16.3. The molecule has 0 aromatic carbocycles. The highest BCUT2D eigenvalue weighted by atomic mass is 16.7. The minimum atomic E-state index is -0.827. The summed E-state index contributed by atoms with van der Waals surface area (Å²) in [5, 5.41) is 9.13. The van der Waals surface area contributed by atoms with Gasteiger partial charge in [-0.05, 0) is 25.3 Å². The molecule has 0 fully saturated rings. The molecular weight excluding hydrogens is 194 g/mol. The molecule has 1 rings (SSSR count). The van der Waals surface area contributed by atoms with E-state index in [0.717, 1.165) is 5.76 Å². The predicted molar refractivity (Wildman–Crippen MR) is 57.0 cm³/mol. The van der Waals surface area contributed by atoms with Gasteiger partial charge in [0.2, 0.25) is 0 Å².